The molecule has 1 heterocycles. The van der Waals surface area contributed by atoms with Crippen LogP contribution in [-0.2, 0) is 0 Å². The van der Waals surface area contributed by atoms with Crippen LogP contribution in [0.1, 0.15) is 11.1 Å². The average Bonchev–Trinajstić information content (AvgIpc) is 3.74. The second kappa shape index (κ2) is 19.3. The molecule has 0 N–H and O–H groups in total. The Bertz CT molecular complexity index is 3240. The smallest absolute Gasteiger partial charge is 0.142 e. The Morgan fingerprint density at radius 2 is 1.09 bits per heavy atom. The quantitative estimate of drug-likeness (QED) is 0.0695. The minimum atomic E-state index is -0.0661. The first-order chi connectivity index (χ1) is 31.2. The minimum Gasteiger partial charge on any atom is -0.455 e. The Balaban J connectivity index is 1.43. The van der Waals surface area contributed by atoms with Crippen molar-refractivity contribution in [1.29, 1.82) is 0 Å². The molecule has 12 radical (unpaired) electrons. The highest BCUT2D eigenvalue weighted by Gasteiger charge is 2.25. The summed E-state index contributed by atoms with van der Waals surface area (Å²) in [4.78, 5) is 1.87. The number of fused-ring (bicyclic) bond motifs is 3. The molecule has 0 unspecified atom stereocenters. The van der Waals surface area contributed by atoms with Gasteiger partial charge in [-0.3, -0.25) is 0 Å². The van der Waals surface area contributed by atoms with Gasteiger partial charge in [0.25, 0.3) is 0 Å². The predicted molar refractivity (Wildman–Crippen MR) is 275 cm³/mol. The van der Waals surface area contributed by atoms with Crippen LogP contribution in [0.2, 0.25) is 6.32 Å². The van der Waals surface area contributed by atoms with E-state index in [1.807, 2.05) is 138 Å². The van der Waals surface area contributed by atoms with E-state index in [2.05, 4.69) is 54.3 Å². The van der Waals surface area contributed by atoms with Crippen LogP contribution >= 0.6 is 0 Å². The first kappa shape index (κ1) is 43.3. The van der Waals surface area contributed by atoms with E-state index >= 15 is 0 Å². The van der Waals surface area contributed by atoms with Gasteiger partial charge in [-0.2, -0.15) is 0 Å². The lowest BCUT2D eigenvalue weighted by Gasteiger charge is -2.33. The molecule has 0 aliphatic rings. The molecule has 0 saturated carbocycles. The van der Waals surface area contributed by atoms with Gasteiger partial charge in [-0.25, -0.2) is 0 Å². The molecule has 0 aliphatic heterocycles. The number of nitrogens with zero attached hydrogens (tertiary/aromatic N) is 1. The van der Waals surface area contributed by atoms with Crippen LogP contribution in [0, 0.1) is 24.7 Å². The summed E-state index contributed by atoms with van der Waals surface area (Å²) in [5.74, 6) is 5.46. The molecule has 0 amide bonds. The second-order valence-electron chi connectivity index (χ2n) is 15.1. The molecule has 0 bridgehead atoms. The van der Waals surface area contributed by atoms with Crippen molar-refractivity contribution in [3.8, 4) is 58.1 Å². The van der Waals surface area contributed by atoms with Crippen molar-refractivity contribution in [2.75, 3.05) is 11.4 Å². The summed E-state index contributed by atoms with van der Waals surface area (Å²) < 4.78 is 6.42. The normalized spacial score (nSPS) is 12.9. The van der Waals surface area contributed by atoms with Crippen LogP contribution in [0.5, 0.6) is 0 Å². The van der Waals surface area contributed by atoms with Crippen LogP contribution < -0.4 is 4.90 Å². The van der Waals surface area contributed by atoms with Crippen molar-refractivity contribution in [3.63, 3.8) is 0 Å². The zero-order valence-electron chi connectivity index (χ0n) is 35.1. The summed E-state index contributed by atoms with van der Waals surface area (Å²) in [5, 5.41) is 1.87. The number of terminal acetylenes is 2. The maximum Gasteiger partial charge on any atom is 0.142 e. The Kier molecular flexibility index (Phi) is 13.1. The second-order valence-corrected chi connectivity index (χ2v) is 15.1. The van der Waals surface area contributed by atoms with Crippen LogP contribution in [0.3, 0.4) is 0 Å². The van der Waals surface area contributed by atoms with Gasteiger partial charge in [0.1, 0.15) is 50.4 Å². The summed E-state index contributed by atoms with van der Waals surface area (Å²) >= 11 is 0. The number of furan rings is 1. The highest BCUT2D eigenvalue weighted by molar-refractivity contribution is 6.42. The van der Waals surface area contributed by atoms with Gasteiger partial charge in [-0.1, -0.05) is 204 Å². The number of hydrogen-bond acceptors (Lipinski definition) is 2. The van der Waals surface area contributed by atoms with E-state index in [-0.39, 0.29) is 45.9 Å². The molecule has 0 aliphatic carbocycles. The zero-order valence-corrected chi connectivity index (χ0v) is 35.1. The number of benzene rings is 7. The van der Waals surface area contributed by atoms with Gasteiger partial charge >= 0.3 is 0 Å². The molecular formula is C56H35B6NO. The molecule has 1 aromatic heterocycles. The molecule has 0 fully saturated rings. The van der Waals surface area contributed by atoms with Gasteiger partial charge in [-0.05, 0) is 56.6 Å². The lowest BCUT2D eigenvalue weighted by atomic mass is 9.69. The number of hydrogen-bond donors (Lipinski definition) is 0. The van der Waals surface area contributed by atoms with Gasteiger partial charge in [0.05, 0.1) is 19.2 Å². The van der Waals surface area contributed by atoms with Crippen molar-refractivity contribution in [2.24, 2.45) is 0 Å². The van der Waals surface area contributed by atoms with Crippen molar-refractivity contribution in [3.05, 3.63) is 220 Å². The molecule has 288 valence electrons. The Labute approximate surface area is 384 Å². The first-order valence-electron chi connectivity index (χ1n) is 20.7. The van der Waals surface area contributed by atoms with Crippen molar-refractivity contribution in [2.45, 2.75) is 6.32 Å². The van der Waals surface area contributed by atoms with E-state index in [4.69, 9.17) is 64.3 Å². The number of allylic oxidation sites excluding steroid dienone is 7. The van der Waals surface area contributed by atoms with Gasteiger partial charge < -0.3 is 9.32 Å². The fourth-order valence-corrected chi connectivity index (χ4v) is 8.25. The van der Waals surface area contributed by atoms with Gasteiger partial charge in [0.2, 0.25) is 0 Å². The summed E-state index contributed by atoms with van der Waals surface area (Å²) in [7, 11) is 41.6. The average molecular weight is 803 g/mol. The summed E-state index contributed by atoms with van der Waals surface area (Å²) in [6, 6.07) is 57.7. The van der Waals surface area contributed by atoms with E-state index in [0.717, 1.165) is 49.7 Å². The first-order valence-corrected chi connectivity index (χ1v) is 20.7. The van der Waals surface area contributed by atoms with Crippen LogP contribution in [-0.4, -0.2) is 53.6 Å². The minimum absolute atomic E-state index is 0.0192. The van der Waals surface area contributed by atoms with Crippen molar-refractivity contribution < 1.29 is 4.42 Å². The molecule has 7 aromatic carbocycles. The third-order valence-electron chi connectivity index (χ3n) is 11.3. The molecule has 2 nitrogen and oxygen atoms in total. The van der Waals surface area contributed by atoms with Gasteiger partial charge in [-0.15, -0.1) is 18.3 Å². The Morgan fingerprint density at radius 3 is 1.75 bits per heavy atom. The molecule has 0 saturated heterocycles. The molecule has 0 atom stereocenters. The third kappa shape index (κ3) is 8.41. The number of para-hydroxylation sites is 2. The van der Waals surface area contributed by atoms with E-state index in [1.165, 1.54) is 0 Å². The predicted octanol–water partition coefficient (Wildman–Crippen LogP) is 11.3. The maximum atomic E-state index is 7.26. The molecule has 64 heavy (non-hydrogen) atoms. The Morgan fingerprint density at radius 1 is 0.531 bits per heavy atom. The van der Waals surface area contributed by atoms with E-state index < -0.39 is 0 Å². The standard InChI is InChI=1S/C56H35B6NO/c1-3-46(58)51(38-24-12-7-13-25-38)54(61)47(59)35-63(48(4-2)55(62)53(60)45(34-57)44-31-18-30-43-41-27-16-17-33-50(41)64-56(43)44)49-32-19-29-40(37-22-10-6-11-23-37)52(49)42-28-15-14-26-39(42)36-20-8-5-9-21-36/h1-2,5-33H,34-35H2/b51-46+,53-45-,54-47-,55-48-. The molecule has 8 heteroatoms. The van der Waals surface area contributed by atoms with Gasteiger partial charge in [0, 0.05) is 28.4 Å². The van der Waals surface area contributed by atoms with E-state index in [0.29, 0.717) is 33.5 Å². The summed E-state index contributed by atoms with van der Waals surface area (Å²) in [5.41, 5.74) is 11.1. The number of rotatable bonds is 12. The molecule has 8 rings (SSSR count). The fourth-order valence-electron chi connectivity index (χ4n) is 8.25. The largest absolute Gasteiger partial charge is 0.455 e. The summed E-state index contributed by atoms with van der Waals surface area (Å²) in [6.07, 6.45) is 12.5. The number of anilines is 1. The fraction of sp³-hybridized carbons (Fsp3) is 0.0357. The molecular weight excluding hydrogens is 767 g/mol. The lowest BCUT2D eigenvalue weighted by molar-refractivity contribution is 0.667. The van der Waals surface area contributed by atoms with Crippen LogP contribution in [0.4, 0.5) is 5.69 Å². The van der Waals surface area contributed by atoms with Crippen LogP contribution in [0.25, 0.3) is 66.5 Å². The highest BCUT2D eigenvalue weighted by atomic mass is 16.3. The van der Waals surface area contributed by atoms with Crippen molar-refractivity contribution >= 4 is 85.8 Å². The lowest BCUT2D eigenvalue weighted by Crippen LogP contribution is -2.28. The zero-order chi connectivity index (χ0) is 44.7. The van der Waals surface area contributed by atoms with E-state index in [1.54, 1.807) is 0 Å². The topological polar surface area (TPSA) is 16.4 Å². The third-order valence-corrected chi connectivity index (χ3v) is 11.3. The molecule has 0 spiro atoms. The SMILES string of the molecule is [B]C/C(=C([B])\C([B])=C(/C#C)N(C/C([B])=C([B])\C(=C(\[B])C#C)c1ccccc1)c1cccc(-c2ccccc2)c1-c1ccccc1-c1ccccc1)c1cccc2c1oc1ccccc12. The Hall–Kier alpha value is -7.39. The van der Waals surface area contributed by atoms with Gasteiger partial charge in [0.15, 0.2) is 0 Å². The summed E-state index contributed by atoms with van der Waals surface area (Å²) in [6.45, 7) is -0.0661. The van der Waals surface area contributed by atoms with E-state index in [9.17, 15) is 0 Å². The highest BCUT2D eigenvalue weighted by Crippen LogP contribution is 2.46. The maximum absolute atomic E-state index is 7.26. The molecule has 8 aromatic rings. The van der Waals surface area contributed by atoms with Crippen molar-refractivity contribution in [1.82, 2.24) is 0 Å². The monoisotopic (exact) mass is 803 g/mol. The van der Waals surface area contributed by atoms with Crippen LogP contribution in [0.15, 0.2) is 213 Å².